The Morgan fingerprint density at radius 1 is 1.24 bits per heavy atom. The van der Waals surface area contributed by atoms with Crippen molar-refractivity contribution >= 4 is 11.0 Å². The number of fused-ring (bicyclic) bond motifs is 1. The summed E-state index contributed by atoms with van der Waals surface area (Å²) in [5.74, 6) is 0.0900. The van der Waals surface area contributed by atoms with Crippen LogP contribution in [-0.4, -0.2) is 22.7 Å². The van der Waals surface area contributed by atoms with Gasteiger partial charge in [0.2, 0.25) is 0 Å². The number of nitrogens with zero attached hydrogens (tertiary/aromatic N) is 1. The van der Waals surface area contributed by atoms with E-state index in [0.717, 1.165) is 0 Å². The lowest BCUT2D eigenvalue weighted by atomic mass is 10.3. The monoisotopic (exact) mass is 242 g/mol. The van der Waals surface area contributed by atoms with Crippen LogP contribution in [-0.2, 0) is 0 Å². The van der Waals surface area contributed by atoms with E-state index in [4.69, 9.17) is 4.74 Å². The van der Waals surface area contributed by atoms with E-state index in [9.17, 15) is 8.78 Å². The predicted molar refractivity (Wildman–Crippen MR) is 58.5 cm³/mol. The average molecular weight is 242 g/mol. The van der Waals surface area contributed by atoms with Gasteiger partial charge in [-0.2, -0.15) is 13.8 Å². The molecule has 1 N–H and O–H groups in total. The topological polar surface area (TPSA) is 47.1 Å². The van der Waals surface area contributed by atoms with Crippen molar-refractivity contribution < 1.29 is 18.3 Å². The summed E-state index contributed by atoms with van der Waals surface area (Å²) in [6.07, 6.45) is -0.00709. The summed E-state index contributed by atoms with van der Waals surface area (Å²) in [6.45, 7) is 0.915. The zero-order valence-electron chi connectivity index (χ0n) is 9.41. The van der Waals surface area contributed by atoms with Crippen molar-refractivity contribution in [3.05, 3.63) is 18.2 Å². The van der Waals surface area contributed by atoms with Gasteiger partial charge in [0.25, 0.3) is 6.01 Å². The molecule has 0 saturated heterocycles. The SMILES string of the molecule is CC(C)Oc1nc2ccc(OC(F)F)cc2[nH]1. The van der Waals surface area contributed by atoms with Crippen LogP contribution in [0.15, 0.2) is 18.2 Å². The first kappa shape index (κ1) is 11.6. The molecule has 1 aromatic carbocycles. The molecule has 0 radical (unpaired) electrons. The van der Waals surface area contributed by atoms with E-state index < -0.39 is 6.61 Å². The van der Waals surface area contributed by atoms with Crippen molar-refractivity contribution in [2.24, 2.45) is 0 Å². The third-order valence-corrected chi connectivity index (χ3v) is 2.00. The third kappa shape index (κ3) is 2.83. The number of hydrogen-bond acceptors (Lipinski definition) is 3. The fourth-order valence-electron chi connectivity index (χ4n) is 1.42. The Morgan fingerprint density at radius 3 is 2.65 bits per heavy atom. The Labute approximate surface area is 96.6 Å². The summed E-state index contributed by atoms with van der Waals surface area (Å²) < 4.78 is 33.7. The second-order valence-corrected chi connectivity index (χ2v) is 3.77. The fourth-order valence-corrected chi connectivity index (χ4v) is 1.42. The predicted octanol–water partition coefficient (Wildman–Crippen LogP) is 2.95. The first-order chi connectivity index (χ1) is 8.04. The van der Waals surface area contributed by atoms with E-state index in [-0.39, 0.29) is 11.9 Å². The number of ether oxygens (including phenoxy) is 2. The maximum Gasteiger partial charge on any atom is 0.387 e. The van der Waals surface area contributed by atoms with Crippen LogP contribution in [0.25, 0.3) is 11.0 Å². The molecule has 6 heteroatoms. The van der Waals surface area contributed by atoms with Crippen molar-refractivity contribution in [3.8, 4) is 11.8 Å². The van der Waals surface area contributed by atoms with E-state index in [1.807, 2.05) is 13.8 Å². The van der Waals surface area contributed by atoms with E-state index in [2.05, 4.69) is 14.7 Å². The van der Waals surface area contributed by atoms with Crippen LogP contribution in [0, 0.1) is 0 Å². The molecule has 92 valence electrons. The van der Waals surface area contributed by atoms with Crippen molar-refractivity contribution in [1.29, 1.82) is 0 Å². The van der Waals surface area contributed by atoms with Gasteiger partial charge in [-0.15, -0.1) is 0 Å². The summed E-state index contributed by atoms with van der Waals surface area (Å²) in [6, 6.07) is 4.86. The number of benzene rings is 1. The molecule has 0 aliphatic carbocycles. The summed E-state index contributed by atoms with van der Waals surface area (Å²) in [7, 11) is 0. The minimum atomic E-state index is -2.83. The molecule has 2 rings (SSSR count). The first-order valence-electron chi connectivity index (χ1n) is 5.16. The van der Waals surface area contributed by atoms with Gasteiger partial charge in [-0.1, -0.05) is 0 Å². The average Bonchev–Trinajstić information content (AvgIpc) is 2.56. The second-order valence-electron chi connectivity index (χ2n) is 3.77. The van der Waals surface area contributed by atoms with Crippen molar-refractivity contribution in [1.82, 2.24) is 9.97 Å². The third-order valence-electron chi connectivity index (χ3n) is 2.00. The number of imidazole rings is 1. The van der Waals surface area contributed by atoms with Crippen LogP contribution in [0.4, 0.5) is 8.78 Å². The van der Waals surface area contributed by atoms with Gasteiger partial charge in [0.15, 0.2) is 0 Å². The Hall–Kier alpha value is -1.85. The highest BCUT2D eigenvalue weighted by Gasteiger charge is 2.09. The lowest BCUT2D eigenvalue weighted by Crippen LogP contribution is -2.06. The van der Waals surface area contributed by atoms with Gasteiger partial charge >= 0.3 is 6.61 Å². The number of H-pyrrole nitrogens is 1. The summed E-state index contributed by atoms with van der Waals surface area (Å²) in [5, 5.41) is 0. The van der Waals surface area contributed by atoms with Gasteiger partial charge in [-0.25, -0.2) is 0 Å². The van der Waals surface area contributed by atoms with Crippen molar-refractivity contribution in [3.63, 3.8) is 0 Å². The molecule has 0 unspecified atom stereocenters. The Bertz CT molecular complexity index is 503. The highest BCUT2D eigenvalue weighted by molar-refractivity contribution is 5.77. The molecular weight excluding hydrogens is 230 g/mol. The van der Waals surface area contributed by atoms with Crippen LogP contribution in [0.5, 0.6) is 11.8 Å². The van der Waals surface area contributed by atoms with Gasteiger partial charge in [0.05, 0.1) is 17.1 Å². The zero-order chi connectivity index (χ0) is 12.4. The number of aromatic amines is 1. The van der Waals surface area contributed by atoms with Crippen LogP contribution >= 0.6 is 0 Å². The van der Waals surface area contributed by atoms with Crippen LogP contribution in [0.1, 0.15) is 13.8 Å². The van der Waals surface area contributed by atoms with Gasteiger partial charge in [-0.3, -0.25) is 0 Å². The van der Waals surface area contributed by atoms with Gasteiger partial charge in [-0.05, 0) is 26.0 Å². The summed E-state index contributed by atoms with van der Waals surface area (Å²) in [4.78, 5) is 7.03. The molecule has 2 aromatic rings. The number of halogens is 2. The number of rotatable bonds is 4. The highest BCUT2D eigenvalue weighted by atomic mass is 19.3. The fraction of sp³-hybridized carbons (Fsp3) is 0.364. The molecule has 17 heavy (non-hydrogen) atoms. The molecule has 0 spiro atoms. The van der Waals surface area contributed by atoms with E-state index in [0.29, 0.717) is 17.0 Å². The molecular formula is C11H12F2N2O2. The molecule has 0 aliphatic heterocycles. The van der Waals surface area contributed by atoms with Gasteiger partial charge in [0.1, 0.15) is 5.75 Å². The molecule has 0 bridgehead atoms. The quantitative estimate of drug-likeness (QED) is 0.896. The van der Waals surface area contributed by atoms with Crippen LogP contribution < -0.4 is 9.47 Å². The molecule has 0 atom stereocenters. The normalized spacial score (nSPS) is 11.4. The minimum absolute atomic E-state index is 0.00709. The Balaban J connectivity index is 2.27. The Morgan fingerprint density at radius 2 is 2.00 bits per heavy atom. The minimum Gasteiger partial charge on any atom is -0.462 e. The van der Waals surface area contributed by atoms with Crippen molar-refractivity contribution in [2.45, 2.75) is 26.6 Å². The maximum absolute atomic E-state index is 12.0. The highest BCUT2D eigenvalue weighted by Crippen LogP contribution is 2.23. The Kier molecular flexibility index (Phi) is 3.12. The lowest BCUT2D eigenvalue weighted by Gasteiger charge is -2.04. The second kappa shape index (κ2) is 4.57. The molecule has 1 heterocycles. The summed E-state index contributed by atoms with van der Waals surface area (Å²) in [5.41, 5.74) is 1.24. The number of aromatic nitrogens is 2. The summed E-state index contributed by atoms with van der Waals surface area (Å²) >= 11 is 0. The molecule has 0 aliphatic rings. The molecule has 1 aromatic heterocycles. The smallest absolute Gasteiger partial charge is 0.387 e. The van der Waals surface area contributed by atoms with Crippen LogP contribution in [0.2, 0.25) is 0 Å². The lowest BCUT2D eigenvalue weighted by molar-refractivity contribution is -0.0497. The molecule has 0 saturated carbocycles. The maximum atomic E-state index is 12.0. The number of hydrogen-bond donors (Lipinski definition) is 1. The zero-order valence-corrected chi connectivity index (χ0v) is 9.41. The molecule has 4 nitrogen and oxygen atoms in total. The van der Waals surface area contributed by atoms with Crippen molar-refractivity contribution in [2.75, 3.05) is 0 Å². The molecule has 0 fully saturated rings. The van der Waals surface area contributed by atoms with E-state index >= 15 is 0 Å². The number of alkyl halides is 2. The molecule has 0 amide bonds. The standard InChI is InChI=1S/C11H12F2N2O2/c1-6(2)16-11-14-8-4-3-7(17-10(12)13)5-9(8)15-11/h3-6,10H,1-2H3,(H,14,15). The van der Waals surface area contributed by atoms with E-state index in [1.54, 1.807) is 6.07 Å². The first-order valence-corrected chi connectivity index (χ1v) is 5.16. The van der Waals surface area contributed by atoms with Gasteiger partial charge in [0, 0.05) is 6.07 Å². The van der Waals surface area contributed by atoms with Crippen LogP contribution in [0.3, 0.4) is 0 Å². The van der Waals surface area contributed by atoms with E-state index in [1.165, 1.54) is 12.1 Å². The van der Waals surface area contributed by atoms with Gasteiger partial charge < -0.3 is 14.5 Å². The largest absolute Gasteiger partial charge is 0.462 e. The number of nitrogens with one attached hydrogen (secondary N) is 1.